The molecular weight excluding hydrogens is 434 g/mol. The van der Waals surface area contributed by atoms with E-state index in [4.69, 9.17) is 9.47 Å². The van der Waals surface area contributed by atoms with E-state index in [0.717, 1.165) is 0 Å². The quantitative estimate of drug-likeness (QED) is 0.709. The monoisotopic (exact) mass is 469 g/mol. The summed E-state index contributed by atoms with van der Waals surface area (Å²) in [6.07, 6.45) is 0.0961. The van der Waals surface area contributed by atoms with E-state index in [0.29, 0.717) is 25.3 Å². The number of carbonyl (C=O) groups excluding carboxylic acids is 2. The molecule has 1 aliphatic rings. The van der Waals surface area contributed by atoms with Crippen LogP contribution >= 0.6 is 0 Å². The van der Waals surface area contributed by atoms with Crippen molar-refractivity contribution < 1.29 is 27.5 Å². The van der Waals surface area contributed by atoms with Crippen molar-refractivity contribution in [1.29, 1.82) is 0 Å². The Morgan fingerprint density at radius 2 is 1.94 bits per heavy atom. The summed E-state index contributed by atoms with van der Waals surface area (Å²) in [7, 11) is -0.242. The number of sulfonamides is 1. The fourth-order valence-corrected chi connectivity index (χ4v) is 4.27. The number of nitrogens with one attached hydrogen (secondary N) is 1. The van der Waals surface area contributed by atoms with Crippen molar-refractivity contribution in [3.63, 3.8) is 0 Å². The topological polar surface area (TPSA) is 105 Å². The third kappa shape index (κ3) is 6.35. The maximum atomic E-state index is 13.3. The van der Waals surface area contributed by atoms with Crippen molar-refractivity contribution in [2.45, 2.75) is 46.3 Å². The van der Waals surface area contributed by atoms with Crippen molar-refractivity contribution in [1.82, 2.24) is 9.80 Å². The maximum absolute atomic E-state index is 13.3. The highest BCUT2D eigenvalue weighted by Gasteiger charge is 2.30. The van der Waals surface area contributed by atoms with Gasteiger partial charge in [0.15, 0.2) is 0 Å². The molecule has 180 valence electrons. The predicted octanol–water partition coefficient (Wildman–Crippen LogP) is 2.19. The Morgan fingerprint density at radius 1 is 1.25 bits per heavy atom. The van der Waals surface area contributed by atoms with Gasteiger partial charge in [0.25, 0.3) is 5.91 Å². The molecule has 9 nitrogen and oxygen atoms in total. The number of hydrogen-bond acceptors (Lipinski definition) is 6. The summed E-state index contributed by atoms with van der Waals surface area (Å²) in [6.45, 7) is 8.25. The molecule has 10 heteroatoms. The number of anilines is 1. The molecule has 0 saturated carbocycles. The number of methoxy groups -OCH3 is 1. The summed E-state index contributed by atoms with van der Waals surface area (Å²) in [5, 5.41) is 0. The zero-order chi connectivity index (χ0) is 24.1. The lowest BCUT2D eigenvalue weighted by molar-refractivity contribution is -0.135. The van der Waals surface area contributed by atoms with Gasteiger partial charge in [-0.25, -0.2) is 8.42 Å². The first-order valence-electron chi connectivity index (χ1n) is 10.9. The number of fused-ring (bicyclic) bond motifs is 1. The van der Waals surface area contributed by atoms with Gasteiger partial charge >= 0.3 is 0 Å². The van der Waals surface area contributed by atoms with Gasteiger partial charge < -0.3 is 19.3 Å². The van der Waals surface area contributed by atoms with E-state index in [2.05, 4.69) is 4.72 Å². The van der Waals surface area contributed by atoms with Crippen molar-refractivity contribution in [2.24, 2.45) is 5.92 Å². The summed E-state index contributed by atoms with van der Waals surface area (Å²) in [5.41, 5.74) is 0.531. The first-order chi connectivity index (χ1) is 15.0. The third-order valence-corrected chi connectivity index (χ3v) is 7.03. The fourth-order valence-electron chi connectivity index (χ4n) is 3.64. The van der Waals surface area contributed by atoms with Crippen LogP contribution in [0.1, 0.15) is 44.5 Å². The lowest BCUT2D eigenvalue weighted by Crippen LogP contribution is -2.48. The van der Waals surface area contributed by atoms with Crippen LogP contribution in [0.4, 0.5) is 5.69 Å². The standard InChI is InChI=1S/C22H35N3O6S/c1-7-21(26)25-12-15(3)20(30-6)13-24(5)22(27)18-11-17(23-32(28,29)8-2)9-10-19(18)31-14-16(25)4/h9-11,15-16,20,23H,7-8,12-14H2,1-6H3/t15-,16+,20+/m1/s1. The second-order valence-electron chi connectivity index (χ2n) is 8.21. The van der Waals surface area contributed by atoms with Crippen LogP contribution < -0.4 is 9.46 Å². The van der Waals surface area contributed by atoms with E-state index in [1.165, 1.54) is 17.9 Å². The summed E-state index contributed by atoms with van der Waals surface area (Å²) >= 11 is 0. The van der Waals surface area contributed by atoms with Crippen LogP contribution in [-0.4, -0.2) is 81.8 Å². The first kappa shape index (κ1) is 25.9. The van der Waals surface area contributed by atoms with Gasteiger partial charge in [0.2, 0.25) is 15.9 Å². The van der Waals surface area contributed by atoms with E-state index in [-0.39, 0.29) is 53.5 Å². The SMILES string of the molecule is CCC(=O)N1C[C@@H](C)[C@@H](OC)CN(C)C(=O)c2cc(NS(=O)(=O)CC)ccc2OC[C@@H]1C. The Hall–Kier alpha value is -2.33. The van der Waals surface area contributed by atoms with E-state index < -0.39 is 10.0 Å². The zero-order valence-electron chi connectivity index (χ0n) is 19.8. The number of benzene rings is 1. The van der Waals surface area contributed by atoms with Crippen molar-refractivity contribution in [3.05, 3.63) is 23.8 Å². The molecule has 0 radical (unpaired) electrons. The number of ether oxygens (including phenoxy) is 2. The number of likely N-dealkylation sites (N-methyl/N-ethyl adjacent to an activating group) is 1. The van der Waals surface area contributed by atoms with Gasteiger partial charge in [-0.1, -0.05) is 13.8 Å². The molecule has 0 saturated heterocycles. The summed E-state index contributed by atoms with van der Waals surface area (Å²) in [4.78, 5) is 29.2. The van der Waals surface area contributed by atoms with Crippen LogP contribution in [-0.2, 0) is 19.6 Å². The minimum absolute atomic E-state index is 0.0187. The molecule has 0 spiro atoms. The molecule has 1 heterocycles. The predicted molar refractivity (Wildman–Crippen MR) is 123 cm³/mol. The summed E-state index contributed by atoms with van der Waals surface area (Å²) in [5.74, 6) is -0.0505. The van der Waals surface area contributed by atoms with E-state index in [1.54, 1.807) is 31.2 Å². The largest absolute Gasteiger partial charge is 0.491 e. The van der Waals surface area contributed by atoms with Gasteiger partial charge in [0.1, 0.15) is 12.4 Å². The molecule has 1 aliphatic heterocycles. The average Bonchev–Trinajstić information content (AvgIpc) is 2.77. The first-order valence-corrected chi connectivity index (χ1v) is 12.5. The molecular formula is C22H35N3O6S. The van der Waals surface area contributed by atoms with Gasteiger partial charge in [-0.05, 0) is 32.0 Å². The van der Waals surface area contributed by atoms with Crippen molar-refractivity contribution in [2.75, 3.05) is 44.3 Å². The highest BCUT2D eigenvalue weighted by molar-refractivity contribution is 7.92. The minimum atomic E-state index is -3.50. The molecule has 0 unspecified atom stereocenters. The Labute approximate surface area is 191 Å². The van der Waals surface area contributed by atoms with Gasteiger partial charge in [-0.3, -0.25) is 14.3 Å². The third-order valence-electron chi connectivity index (χ3n) is 5.72. The van der Waals surface area contributed by atoms with Gasteiger partial charge in [0, 0.05) is 45.3 Å². The van der Waals surface area contributed by atoms with Crippen molar-refractivity contribution >= 4 is 27.5 Å². The zero-order valence-corrected chi connectivity index (χ0v) is 20.6. The number of rotatable bonds is 5. The molecule has 1 aromatic rings. The molecule has 1 aromatic carbocycles. The maximum Gasteiger partial charge on any atom is 0.257 e. The number of amides is 2. The minimum Gasteiger partial charge on any atom is -0.491 e. The molecule has 0 bridgehead atoms. The van der Waals surface area contributed by atoms with E-state index in [9.17, 15) is 18.0 Å². The highest BCUT2D eigenvalue weighted by atomic mass is 32.2. The summed E-state index contributed by atoms with van der Waals surface area (Å²) < 4.78 is 38.1. The molecule has 0 aliphatic carbocycles. The molecule has 1 N–H and O–H groups in total. The van der Waals surface area contributed by atoms with Gasteiger partial charge in [0.05, 0.1) is 23.5 Å². The summed E-state index contributed by atoms with van der Waals surface area (Å²) in [6, 6.07) is 4.40. The van der Waals surface area contributed by atoms with Crippen LogP contribution in [0.5, 0.6) is 5.75 Å². The van der Waals surface area contributed by atoms with Gasteiger partial charge in [-0.2, -0.15) is 0 Å². The van der Waals surface area contributed by atoms with Crippen LogP contribution in [0, 0.1) is 5.92 Å². The Bertz CT molecular complexity index is 920. The van der Waals surface area contributed by atoms with Crippen LogP contribution in [0.3, 0.4) is 0 Å². The molecule has 0 fully saturated rings. The molecule has 32 heavy (non-hydrogen) atoms. The molecule has 0 aromatic heterocycles. The van der Waals surface area contributed by atoms with Crippen LogP contribution in [0.25, 0.3) is 0 Å². The van der Waals surface area contributed by atoms with Crippen molar-refractivity contribution in [3.8, 4) is 5.75 Å². The Kier molecular flexibility index (Phi) is 8.91. The smallest absolute Gasteiger partial charge is 0.257 e. The number of hydrogen-bond donors (Lipinski definition) is 1. The molecule has 2 amide bonds. The number of nitrogens with zero attached hydrogens (tertiary/aromatic N) is 2. The molecule has 3 atom stereocenters. The van der Waals surface area contributed by atoms with E-state index >= 15 is 0 Å². The second kappa shape index (κ2) is 11.0. The number of carbonyl (C=O) groups is 2. The lowest BCUT2D eigenvalue weighted by Gasteiger charge is -2.36. The lowest BCUT2D eigenvalue weighted by atomic mass is 10.0. The van der Waals surface area contributed by atoms with Crippen LogP contribution in [0.2, 0.25) is 0 Å². The van der Waals surface area contributed by atoms with Gasteiger partial charge in [-0.15, -0.1) is 0 Å². The van der Waals surface area contributed by atoms with E-state index in [1.807, 2.05) is 20.8 Å². The Balaban J connectivity index is 2.48. The highest BCUT2D eigenvalue weighted by Crippen LogP contribution is 2.27. The van der Waals surface area contributed by atoms with Crippen LogP contribution in [0.15, 0.2) is 18.2 Å². The Morgan fingerprint density at radius 3 is 2.53 bits per heavy atom. The fraction of sp³-hybridized carbons (Fsp3) is 0.636. The average molecular weight is 470 g/mol. The molecule has 2 rings (SSSR count). The second-order valence-corrected chi connectivity index (χ2v) is 10.2. The normalized spacial score (nSPS) is 22.9.